The van der Waals surface area contributed by atoms with Crippen LogP contribution in [0.4, 0.5) is 0 Å². The molecule has 3 heterocycles. The maximum Gasteiger partial charge on any atom is 0.333 e. The highest BCUT2D eigenvalue weighted by Crippen LogP contribution is 2.35. The Morgan fingerprint density at radius 2 is 2.14 bits per heavy atom. The van der Waals surface area contributed by atoms with Gasteiger partial charge in [0.2, 0.25) is 0 Å². The molecule has 0 atom stereocenters. The second-order valence-corrected chi connectivity index (χ2v) is 7.19. The van der Waals surface area contributed by atoms with Gasteiger partial charge in [0.1, 0.15) is 30.2 Å². The average molecular weight is 393 g/mol. The lowest BCUT2D eigenvalue weighted by atomic mass is 10.1. The van der Waals surface area contributed by atoms with E-state index in [0.717, 1.165) is 34.2 Å². The van der Waals surface area contributed by atoms with Gasteiger partial charge in [0.15, 0.2) is 5.82 Å². The van der Waals surface area contributed by atoms with Gasteiger partial charge in [-0.1, -0.05) is 6.07 Å². The molecule has 150 valence electrons. The molecule has 0 radical (unpaired) electrons. The van der Waals surface area contributed by atoms with Gasteiger partial charge in [-0.05, 0) is 44.5 Å². The minimum absolute atomic E-state index is 0.192. The molecule has 0 bridgehead atoms. The first kappa shape index (κ1) is 18.9. The minimum atomic E-state index is -0.352. The van der Waals surface area contributed by atoms with Gasteiger partial charge >= 0.3 is 5.97 Å². The second-order valence-electron chi connectivity index (χ2n) is 7.19. The standard InChI is InChI=1S/C21H23N5O3/c1-13(2)26-20(22-12-23-26)17-11-25-7-8-29-18-10-15(9-14(3)21(27)28-4)5-6-16(18)19(25)24-17/h5-6,9-13H,7-8H2,1-4H3. The third-order valence-electron chi connectivity index (χ3n) is 4.79. The zero-order valence-corrected chi connectivity index (χ0v) is 16.9. The molecule has 2 aromatic heterocycles. The average Bonchev–Trinajstić information content (AvgIpc) is 3.31. The van der Waals surface area contributed by atoms with E-state index in [9.17, 15) is 4.79 Å². The summed E-state index contributed by atoms with van der Waals surface area (Å²) in [6.45, 7) is 7.05. The van der Waals surface area contributed by atoms with Crippen molar-refractivity contribution in [3.05, 3.63) is 41.9 Å². The van der Waals surface area contributed by atoms with Crippen molar-refractivity contribution in [1.82, 2.24) is 24.3 Å². The zero-order valence-electron chi connectivity index (χ0n) is 16.9. The lowest BCUT2D eigenvalue weighted by Gasteiger charge is -2.08. The van der Waals surface area contributed by atoms with Crippen LogP contribution in [0.5, 0.6) is 5.75 Å². The molecule has 3 aromatic rings. The van der Waals surface area contributed by atoms with Crippen molar-refractivity contribution in [2.75, 3.05) is 13.7 Å². The van der Waals surface area contributed by atoms with Crippen molar-refractivity contribution in [2.45, 2.75) is 33.4 Å². The molecular formula is C21H23N5O3. The van der Waals surface area contributed by atoms with Crippen LogP contribution in [-0.4, -0.2) is 44.0 Å². The van der Waals surface area contributed by atoms with Crippen LogP contribution in [0, 0.1) is 0 Å². The molecule has 29 heavy (non-hydrogen) atoms. The normalized spacial score (nSPS) is 13.5. The van der Waals surface area contributed by atoms with Gasteiger partial charge in [-0.25, -0.2) is 19.4 Å². The van der Waals surface area contributed by atoms with Crippen molar-refractivity contribution in [1.29, 1.82) is 0 Å². The number of nitrogens with zero attached hydrogens (tertiary/aromatic N) is 5. The summed E-state index contributed by atoms with van der Waals surface area (Å²) in [6.07, 6.45) is 5.33. The minimum Gasteiger partial charge on any atom is -0.491 e. The molecule has 0 spiro atoms. The number of fused-ring (bicyclic) bond motifs is 3. The number of ether oxygens (including phenoxy) is 2. The molecule has 1 aliphatic heterocycles. The zero-order chi connectivity index (χ0) is 20.5. The van der Waals surface area contributed by atoms with Gasteiger partial charge in [0.25, 0.3) is 0 Å². The molecule has 8 nitrogen and oxygen atoms in total. The lowest BCUT2D eigenvalue weighted by molar-refractivity contribution is -0.135. The first-order valence-corrected chi connectivity index (χ1v) is 9.49. The first-order valence-electron chi connectivity index (χ1n) is 9.49. The summed E-state index contributed by atoms with van der Waals surface area (Å²) in [7, 11) is 1.37. The quantitative estimate of drug-likeness (QED) is 0.499. The number of imidazole rings is 1. The number of methoxy groups -OCH3 is 1. The Morgan fingerprint density at radius 3 is 2.90 bits per heavy atom. The third kappa shape index (κ3) is 3.53. The number of hydrogen-bond donors (Lipinski definition) is 0. The highest BCUT2D eigenvalue weighted by atomic mass is 16.5. The molecule has 0 fully saturated rings. The molecule has 0 saturated heterocycles. The lowest BCUT2D eigenvalue weighted by Crippen LogP contribution is -2.06. The van der Waals surface area contributed by atoms with E-state index in [1.807, 2.05) is 29.1 Å². The van der Waals surface area contributed by atoms with Crippen LogP contribution in [0.25, 0.3) is 29.0 Å². The maximum absolute atomic E-state index is 11.7. The Kier molecular flexibility index (Phi) is 4.92. The van der Waals surface area contributed by atoms with Gasteiger partial charge < -0.3 is 14.0 Å². The predicted molar refractivity (Wildman–Crippen MR) is 108 cm³/mol. The van der Waals surface area contributed by atoms with Crippen molar-refractivity contribution in [3.63, 3.8) is 0 Å². The van der Waals surface area contributed by atoms with E-state index >= 15 is 0 Å². The van der Waals surface area contributed by atoms with Crippen molar-refractivity contribution >= 4 is 12.0 Å². The van der Waals surface area contributed by atoms with Crippen LogP contribution in [0.3, 0.4) is 0 Å². The van der Waals surface area contributed by atoms with E-state index in [1.54, 1.807) is 19.3 Å². The van der Waals surface area contributed by atoms with Gasteiger partial charge in [0, 0.05) is 17.8 Å². The second kappa shape index (κ2) is 7.54. The summed E-state index contributed by atoms with van der Waals surface area (Å²) < 4.78 is 14.7. The monoisotopic (exact) mass is 393 g/mol. The van der Waals surface area contributed by atoms with Gasteiger partial charge in [-0.15, -0.1) is 0 Å². The van der Waals surface area contributed by atoms with Gasteiger partial charge in [-0.3, -0.25) is 0 Å². The van der Waals surface area contributed by atoms with E-state index in [0.29, 0.717) is 18.7 Å². The van der Waals surface area contributed by atoms with E-state index in [4.69, 9.17) is 14.5 Å². The molecule has 0 N–H and O–H groups in total. The summed E-state index contributed by atoms with van der Waals surface area (Å²) in [5.41, 5.74) is 3.08. The molecular weight excluding hydrogens is 370 g/mol. The van der Waals surface area contributed by atoms with Crippen LogP contribution >= 0.6 is 0 Å². The van der Waals surface area contributed by atoms with Crippen molar-refractivity contribution < 1.29 is 14.3 Å². The highest BCUT2D eigenvalue weighted by molar-refractivity contribution is 5.93. The predicted octanol–water partition coefficient (Wildman–Crippen LogP) is 3.36. The first-order chi connectivity index (χ1) is 14.0. The fourth-order valence-electron chi connectivity index (χ4n) is 3.38. The van der Waals surface area contributed by atoms with E-state index in [1.165, 1.54) is 7.11 Å². The fraction of sp³-hybridized carbons (Fsp3) is 0.333. The maximum atomic E-state index is 11.7. The molecule has 0 aliphatic carbocycles. The molecule has 8 heteroatoms. The van der Waals surface area contributed by atoms with Gasteiger partial charge in [-0.2, -0.15) is 5.10 Å². The number of esters is 1. The molecule has 0 saturated carbocycles. The van der Waals surface area contributed by atoms with Crippen LogP contribution in [0.15, 0.2) is 36.3 Å². The summed E-state index contributed by atoms with van der Waals surface area (Å²) in [4.78, 5) is 20.9. The Morgan fingerprint density at radius 1 is 1.31 bits per heavy atom. The van der Waals surface area contributed by atoms with Crippen LogP contribution in [0.1, 0.15) is 32.4 Å². The number of aromatic nitrogens is 5. The van der Waals surface area contributed by atoms with E-state index in [2.05, 4.69) is 28.5 Å². The van der Waals surface area contributed by atoms with Gasteiger partial charge in [0.05, 0.1) is 19.2 Å². The highest BCUT2D eigenvalue weighted by Gasteiger charge is 2.21. The van der Waals surface area contributed by atoms with Crippen LogP contribution in [-0.2, 0) is 16.1 Å². The Balaban J connectivity index is 1.74. The number of carbonyl (C=O) groups excluding carboxylic acids is 1. The number of carbonyl (C=O) groups is 1. The molecule has 1 aliphatic rings. The Hall–Kier alpha value is -3.42. The molecule has 0 amide bonds. The molecule has 0 unspecified atom stereocenters. The number of benzene rings is 1. The summed E-state index contributed by atoms with van der Waals surface area (Å²) >= 11 is 0. The fourth-order valence-corrected chi connectivity index (χ4v) is 3.38. The number of rotatable bonds is 4. The third-order valence-corrected chi connectivity index (χ3v) is 4.79. The summed E-state index contributed by atoms with van der Waals surface area (Å²) in [5.74, 6) is 1.95. The van der Waals surface area contributed by atoms with Crippen LogP contribution in [0.2, 0.25) is 0 Å². The largest absolute Gasteiger partial charge is 0.491 e. The number of hydrogen-bond acceptors (Lipinski definition) is 6. The molecule has 4 rings (SSSR count). The Labute approximate surface area is 168 Å². The topological polar surface area (TPSA) is 84.1 Å². The smallest absolute Gasteiger partial charge is 0.333 e. The Bertz CT molecular complexity index is 1090. The van der Waals surface area contributed by atoms with E-state index in [-0.39, 0.29) is 12.0 Å². The van der Waals surface area contributed by atoms with Crippen LogP contribution < -0.4 is 4.74 Å². The SMILES string of the molecule is COC(=O)C(C)=Cc1ccc2c(c1)OCCn1cc(-c3ncnn3C(C)C)nc1-2. The van der Waals surface area contributed by atoms with Crippen molar-refractivity contribution in [3.8, 4) is 28.7 Å². The van der Waals surface area contributed by atoms with Crippen molar-refractivity contribution in [2.24, 2.45) is 0 Å². The van der Waals surface area contributed by atoms with E-state index < -0.39 is 0 Å². The summed E-state index contributed by atoms with van der Waals surface area (Å²) in [5, 5.41) is 4.31. The molecule has 1 aromatic carbocycles. The summed E-state index contributed by atoms with van der Waals surface area (Å²) in [6, 6.07) is 6.02.